The van der Waals surface area contributed by atoms with Gasteiger partial charge in [0.1, 0.15) is 0 Å². The van der Waals surface area contributed by atoms with E-state index in [0.717, 1.165) is 12.8 Å². The molecule has 7 nitrogen and oxygen atoms in total. The van der Waals surface area contributed by atoms with Gasteiger partial charge < -0.3 is 33.9 Å². The van der Waals surface area contributed by atoms with Crippen molar-refractivity contribution >= 4 is 0 Å². The summed E-state index contributed by atoms with van der Waals surface area (Å²) in [5, 5.41) is 18.2. The van der Waals surface area contributed by atoms with Gasteiger partial charge in [-0.2, -0.15) is 0 Å². The molecule has 0 bridgehead atoms. The first kappa shape index (κ1) is 24.7. The van der Waals surface area contributed by atoms with Crippen LogP contribution in [-0.4, -0.2) is 89.0 Å². The van der Waals surface area contributed by atoms with Crippen molar-refractivity contribution in [3.63, 3.8) is 0 Å². The Morgan fingerprint density at radius 2 is 1.12 bits per heavy atom. The Bertz CT molecular complexity index is 241. The van der Waals surface area contributed by atoms with Gasteiger partial charge in [0, 0.05) is 0 Å². The number of hydrogen-bond donors (Lipinski definition) is 2. The molecule has 0 rings (SSSR count). The summed E-state index contributed by atoms with van der Waals surface area (Å²) in [6, 6.07) is 0. The van der Waals surface area contributed by atoms with Gasteiger partial charge in [-0.15, -0.1) is 0 Å². The van der Waals surface area contributed by atoms with E-state index in [1.165, 1.54) is 19.3 Å². The second kappa shape index (κ2) is 21.8. The van der Waals surface area contributed by atoms with Crippen LogP contribution in [0.1, 0.15) is 39.0 Å². The van der Waals surface area contributed by atoms with Crippen LogP contribution in [0.4, 0.5) is 0 Å². The topological polar surface area (TPSA) is 86.6 Å². The average Bonchev–Trinajstić information content (AvgIpc) is 2.62. The van der Waals surface area contributed by atoms with Gasteiger partial charge in [-0.25, -0.2) is 0 Å². The lowest BCUT2D eigenvalue weighted by atomic mass is 10.1. The summed E-state index contributed by atoms with van der Waals surface area (Å²) in [7, 11) is 0. The molecule has 0 aromatic heterocycles. The smallest absolute Gasteiger partial charge is 0.0773 e. The SMILES string of the molecule is CCCCCCC(O)COCCOCCOCCOCCOCCO. The fourth-order valence-corrected chi connectivity index (χ4v) is 2.05. The second-order valence-corrected chi connectivity index (χ2v) is 5.75. The molecule has 0 aliphatic heterocycles. The molecule has 7 heteroatoms. The monoisotopic (exact) mass is 366 g/mol. The molecule has 0 radical (unpaired) electrons. The second-order valence-electron chi connectivity index (χ2n) is 5.75. The van der Waals surface area contributed by atoms with Gasteiger partial charge in [-0.3, -0.25) is 0 Å². The van der Waals surface area contributed by atoms with Crippen molar-refractivity contribution in [2.45, 2.75) is 45.1 Å². The van der Waals surface area contributed by atoms with Gasteiger partial charge in [-0.1, -0.05) is 32.6 Å². The van der Waals surface area contributed by atoms with Gasteiger partial charge in [0.2, 0.25) is 0 Å². The Kier molecular flexibility index (Phi) is 21.5. The maximum atomic E-state index is 9.74. The van der Waals surface area contributed by atoms with Crippen molar-refractivity contribution < 1.29 is 33.9 Å². The molecule has 0 aromatic rings. The molecule has 2 N–H and O–H groups in total. The normalized spacial score (nSPS) is 12.6. The lowest BCUT2D eigenvalue weighted by molar-refractivity contribution is -0.0229. The molecular weight excluding hydrogens is 328 g/mol. The van der Waals surface area contributed by atoms with Crippen molar-refractivity contribution in [2.24, 2.45) is 0 Å². The van der Waals surface area contributed by atoms with Crippen molar-refractivity contribution in [2.75, 3.05) is 72.7 Å². The summed E-state index contributed by atoms with van der Waals surface area (Å²) < 4.78 is 26.5. The van der Waals surface area contributed by atoms with Gasteiger partial charge in [-0.05, 0) is 6.42 Å². The molecule has 0 spiro atoms. The van der Waals surface area contributed by atoms with Crippen molar-refractivity contribution in [1.29, 1.82) is 0 Å². The number of hydrogen-bond acceptors (Lipinski definition) is 7. The van der Waals surface area contributed by atoms with Crippen LogP contribution in [0.15, 0.2) is 0 Å². The highest BCUT2D eigenvalue weighted by Gasteiger charge is 2.03. The summed E-state index contributed by atoms with van der Waals surface area (Å²) in [6.07, 6.45) is 5.12. The first-order valence-electron chi connectivity index (χ1n) is 9.48. The number of rotatable bonds is 21. The summed E-state index contributed by atoms with van der Waals surface area (Å²) >= 11 is 0. The predicted molar refractivity (Wildman–Crippen MR) is 95.9 cm³/mol. The quantitative estimate of drug-likeness (QED) is 0.297. The minimum atomic E-state index is -0.366. The van der Waals surface area contributed by atoms with Crippen LogP contribution in [0.2, 0.25) is 0 Å². The molecule has 0 saturated carbocycles. The zero-order valence-corrected chi connectivity index (χ0v) is 15.8. The van der Waals surface area contributed by atoms with Crippen LogP contribution in [0.5, 0.6) is 0 Å². The molecular formula is C18H38O7. The molecule has 0 amide bonds. The molecule has 0 saturated heterocycles. The molecule has 0 fully saturated rings. The van der Waals surface area contributed by atoms with E-state index in [9.17, 15) is 5.11 Å². The van der Waals surface area contributed by atoms with Crippen molar-refractivity contribution in [3.05, 3.63) is 0 Å². The first-order chi connectivity index (χ1) is 12.3. The number of unbranched alkanes of at least 4 members (excludes halogenated alkanes) is 3. The highest BCUT2D eigenvalue weighted by atomic mass is 16.6. The Hall–Kier alpha value is -0.280. The van der Waals surface area contributed by atoms with Crippen molar-refractivity contribution in [3.8, 4) is 0 Å². The fourth-order valence-electron chi connectivity index (χ4n) is 2.05. The molecule has 25 heavy (non-hydrogen) atoms. The highest BCUT2D eigenvalue weighted by molar-refractivity contribution is 4.54. The fraction of sp³-hybridized carbons (Fsp3) is 1.00. The summed E-state index contributed by atoms with van der Waals surface area (Å²) in [6.45, 7) is 6.99. The van der Waals surface area contributed by atoms with Crippen molar-refractivity contribution in [1.82, 2.24) is 0 Å². The zero-order chi connectivity index (χ0) is 18.4. The number of aliphatic hydroxyl groups excluding tert-OH is 2. The third-order valence-electron chi connectivity index (χ3n) is 3.42. The first-order valence-corrected chi connectivity index (χ1v) is 9.48. The standard InChI is InChI=1S/C18H38O7/c1-2-3-4-5-6-18(20)17-25-16-15-24-14-13-23-12-11-22-10-9-21-8-7-19/h18-20H,2-17H2,1H3. The Labute approximate surface area is 152 Å². The van der Waals surface area contributed by atoms with E-state index in [2.05, 4.69) is 6.92 Å². The summed E-state index contributed by atoms with van der Waals surface area (Å²) in [4.78, 5) is 0. The summed E-state index contributed by atoms with van der Waals surface area (Å²) in [5.74, 6) is 0. The van der Waals surface area contributed by atoms with E-state index in [4.69, 9.17) is 28.8 Å². The average molecular weight is 366 g/mol. The largest absolute Gasteiger partial charge is 0.394 e. The van der Waals surface area contributed by atoms with E-state index in [1.54, 1.807) is 0 Å². The molecule has 0 aliphatic rings. The van der Waals surface area contributed by atoms with E-state index < -0.39 is 0 Å². The third-order valence-corrected chi connectivity index (χ3v) is 3.42. The van der Waals surface area contributed by atoms with Gasteiger partial charge in [0.05, 0.1) is 78.8 Å². The van der Waals surface area contributed by atoms with E-state index in [-0.39, 0.29) is 12.7 Å². The van der Waals surface area contributed by atoms with Crippen LogP contribution in [-0.2, 0) is 23.7 Å². The van der Waals surface area contributed by atoms with E-state index in [1.807, 2.05) is 0 Å². The molecule has 0 aliphatic carbocycles. The predicted octanol–water partition coefficient (Wildman–Crippen LogP) is 1.39. The minimum Gasteiger partial charge on any atom is -0.394 e. The van der Waals surface area contributed by atoms with Crippen LogP contribution in [0.25, 0.3) is 0 Å². The Balaban J connectivity index is 3.06. The lowest BCUT2D eigenvalue weighted by Gasteiger charge is -2.11. The van der Waals surface area contributed by atoms with Crippen LogP contribution >= 0.6 is 0 Å². The van der Waals surface area contributed by atoms with E-state index >= 15 is 0 Å². The molecule has 1 unspecified atom stereocenters. The minimum absolute atomic E-state index is 0.0355. The van der Waals surface area contributed by atoms with Gasteiger partial charge in [0.25, 0.3) is 0 Å². The number of ether oxygens (including phenoxy) is 5. The van der Waals surface area contributed by atoms with Crippen LogP contribution in [0, 0.1) is 0 Å². The maximum Gasteiger partial charge on any atom is 0.0773 e. The Morgan fingerprint density at radius 3 is 1.60 bits per heavy atom. The van der Waals surface area contributed by atoms with Gasteiger partial charge in [0.15, 0.2) is 0 Å². The zero-order valence-electron chi connectivity index (χ0n) is 15.8. The highest BCUT2D eigenvalue weighted by Crippen LogP contribution is 2.05. The summed E-state index contributed by atoms with van der Waals surface area (Å²) in [5.41, 5.74) is 0. The lowest BCUT2D eigenvalue weighted by Crippen LogP contribution is -2.18. The van der Waals surface area contributed by atoms with Crippen LogP contribution in [0.3, 0.4) is 0 Å². The maximum absolute atomic E-state index is 9.74. The van der Waals surface area contributed by atoms with Gasteiger partial charge >= 0.3 is 0 Å². The van der Waals surface area contributed by atoms with Crippen LogP contribution < -0.4 is 0 Å². The molecule has 0 aromatic carbocycles. The van der Waals surface area contributed by atoms with E-state index in [0.29, 0.717) is 66.1 Å². The third kappa shape index (κ3) is 21.7. The molecule has 1 atom stereocenters. The number of aliphatic hydroxyl groups is 2. The molecule has 0 heterocycles. The molecule has 152 valence electrons. The Morgan fingerprint density at radius 1 is 0.640 bits per heavy atom.